The molecule has 1 fully saturated rings. The van der Waals surface area contributed by atoms with Crippen LogP contribution in [0.1, 0.15) is 26.7 Å². The smallest absolute Gasteiger partial charge is 0.317 e. The van der Waals surface area contributed by atoms with Gasteiger partial charge in [-0.1, -0.05) is 13.8 Å². The van der Waals surface area contributed by atoms with E-state index in [1.54, 1.807) is 9.80 Å². The van der Waals surface area contributed by atoms with Crippen molar-refractivity contribution in [3.8, 4) is 0 Å². The second kappa shape index (κ2) is 14.7. The van der Waals surface area contributed by atoms with Gasteiger partial charge in [-0.05, 0) is 12.3 Å². The Labute approximate surface area is 183 Å². The molecular weight excluding hydrogens is 406 g/mol. The molecule has 2 amide bonds. The van der Waals surface area contributed by atoms with Crippen LogP contribution in [0.5, 0.6) is 0 Å². The molecular formula is C20H37N5O6. The summed E-state index contributed by atoms with van der Waals surface area (Å²) in [6, 6.07) is 0. The molecule has 4 N–H and O–H groups in total. The number of hydrogen-bond acceptors (Lipinski definition) is 7. The van der Waals surface area contributed by atoms with Crippen LogP contribution in [0.2, 0.25) is 0 Å². The van der Waals surface area contributed by atoms with E-state index in [0.717, 1.165) is 6.42 Å². The molecule has 178 valence electrons. The Bertz CT molecular complexity index is 573. The second-order valence-electron chi connectivity index (χ2n) is 8.25. The summed E-state index contributed by atoms with van der Waals surface area (Å²) in [4.78, 5) is 51.6. The van der Waals surface area contributed by atoms with E-state index in [1.165, 1.54) is 0 Å². The zero-order chi connectivity index (χ0) is 23.2. The molecule has 0 atom stereocenters. The minimum absolute atomic E-state index is 0.0278. The Morgan fingerprint density at radius 1 is 0.710 bits per heavy atom. The van der Waals surface area contributed by atoms with Crippen LogP contribution in [-0.4, -0.2) is 121 Å². The highest BCUT2D eigenvalue weighted by Crippen LogP contribution is 2.03. The molecule has 31 heavy (non-hydrogen) atoms. The van der Waals surface area contributed by atoms with E-state index in [0.29, 0.717) is 64.7 Å². The lowest BCUT2D eigenvalue weighted by atomic mass is 10.1. The maximum atomic E-state index is 12.3. The molecule has 1 aliphatic rings. The quantitative estimate of drug-likeness (QED) is 0.272. The Morgan fingerprint density at radius 2 is 1.10 bits per heavy atom. The highest BCUT2D eigenvalue weighted by atomic mass is 16.4. The Balaban J connectivity index is 2.46. The lowest BCUT2D eigenvalue weighted by Crippen LogP contribution is -2.44. The number of carbonyl (C=O) groups is 4. The summed E-state index contributed by atoms with van der Waals surface area (Å²) in [7, 11) is 0. The first-order valence-corrected chi connectivity index (χ1v) is 10.8. The number of nitrogens with one attached hydrogen (secondary N) is 2. The summed E-state index contributed by atoms with van der Waals surface area (Å²) < 4.78 is 0. The molecule has 11 heteroatoms. The molecule has 0 saturated carbocycles. The fourth-order valence-corrected chi connectivity index (χ4v) is 3.21. The number of carboxylic acids is 2. The Morgan fingerprint density at radius 3 is 1.48 bits per heavy atom. The zero-order valence-electron chi connectivity index (χ0n) is 18.6. The monoisotopic (exact) mass is 443 g/mol. The SMILES string of the molecule is CC(C)CCC(=O)NCCNC(=O)CN1CCN(CC(=O)O)CCN(CC(=O)O)CC1. The number of carboxylic acid groups (broad SMARTS) is 2. The van der Waals surface area contributed by atoms with E-state index in [4.69, 9.17) is 10.2 Å². The summed E-state index contributed by atoms with van der Waals surface area (Å²) in [6.07, 6.45) is 1.30. The molecule has 0 unspecified atom stereocenters. The Hall–Kier alpha value is -2.24. The van der Waals surface area contributed by atoms with Gasteiger partial charge in [0.15, 0.2) is 0 Å². The summed E-state index contributed by atoms with van der Waals surface area (Å²) in [5, 5.41) is 23.7. The molecule has 1 rings (SSSR count). The summed E-state index contributed by atoms with van der Waals surface area (Å²) in [5.41, 5.74) is 0. The molecule has 0 aromatic carbocycles. The van der Waals surface area contributed by atoms with Crippen LogP contribution in [-0.2, 0) is 19.2 Å². The van der Waals surface area contributed by atoms with Gasteiger partial charge in [-0.3, -0.25) is 33.9 Å². The van der Waals surface area contributed by atoms with Crippen LogP contribution >= 0.6 is 0 Å². The second-order valence-corrected chi connectivity index (χ2v) is 8.25. The standard InChI is InChI=1S/C20H37N5O6/c1-16(2)3-4-17(26)21-5-6-22-18(27)13-23-7-9-24(14-19(28)29)11-12-25(10-8-23)15-20(30)31/h16H,3-15H2,1-2H3,(H,21,26)(H,22,27)(H,28,29)(H,30,31). The fraction of sp³-hybridized carbons (Fsp3) is 0.800. The third kappa shape index (κ3) is 13.6. The van der Waals surface area contributed by atoms with Gasteiger partial charge in [0.25, 0.3) is 0 Å². The predicted molar refractivity (Wildman–Crippen MR) is 115 cm³/mol. The molecule has 1 aliphatic heterocycles. The van der Waals surface area contributed by atoms with E-state index in [-0.39, 0.29) is 31.4 Å². The van der Waals surface area contributed by atoms with Gasteiger partial charge in [0.05, 0.1) is 19.6 Å². The van der Waals surface area contributed by atoms with E-state index in [2.05, 4.69) is 24.5 Å². The van der Waals surface area contributed by atoms with Crippen LogP contribution in [0.4, 0.5) is 0 Å². The lowest BCUT2D eigenvalue weighted by molar-refractivity contribution is -0.140. The van der Waals surface area contributed by atoms with Crippen molar-refractivity contribution in [2.24, 2.45) is 5.92 Å². The van der Waals surface area contributed by atoms with Crippen molar-refractivity contribution in [1.29, 1.82) is 0 Å². The van der Waals surface area contributed by atoms with Crippen molar-refractivity contribution in [3.63, 3.8) is 0 Å². The van der Waals surface area contributed by atoms with Crippen molar-refractivity contribution >= 4 is 23.8 Å². The van der Waals surface area contributed by atoms with Gasteiger partial charge in [0, 0.05) is 58.8 Å². The molecule has 0 aliphatic carbocycles. The van der Waals surface area contributed by atoms with Gasteiger partial charge in [-0.15, -0.1) is 0 Å². The summed E-state index contributed by atoms with van der Waals surface area (Å²) >= 11 is 0. The van der Waals surface area contributed by atoms with Gasteiger partial charge >= 0.3 is 11.9 Å². The summed E-state index contributed by atoms with van der Waals surface area (Å²) in [6.45, 7) is 7.56. The molecule has 0 bridgehead atoms. The molecule has 0 radical (unpaired) electrons. The maximum absolute atomic E-state index is 12.3. The largest absolute Gasteiger partial charge is 0.480 e. The van der Waals surface area contributed by atoms with Gasteiger partial charge in [0.1, 0.15) is 0 Å². The minimum atomic E-state index is -0.941. The third-order valence-corrected chi connectivity index (χ3v) is 5.00. The van der Waals surface area contributed by atoms with Crippen molar-refractivity contribution in [3.05, 3.63) is 0 Å². The van der Waals surface area contributed by atoms with Gasteiger partial charge in [0.2, 0.25) is 11.8 Å². The molecule has 0 spiro atoms. The van der Waals surface area contributed by atoms with Gasteiger partial charge in [-0.2, -0.15) is 0 Å². The average molecular weight is 444 g/mol. The van der Waals surface area contributed by atoms with Crippen LogP contribution in [0, 0.1) is 5.92 Å². The normalized spacial score (nSPS) is 16.9. The highest BCUT2D eigenvalue weighted by molar-refractivity contribution is 5.78. The first-order chi connectivity index (χ1) is 14.7. The van der Waals surface area contributed by atoms with Crippen molar-refractivity contribution < 1.29 is 29.4 Å². The van der Waals surface area contributed by atoms with Gasteiger partial charge < -0.3 is 20.8 Å². The average Bonchev–Trinajstić information content (AvgIpc) is 2.75. The first kappa shape index (κ1) is 26.8. The molecule has 1 saturated heterocycles. The highest BCUT2D eigenvalue weighted by Gasteiger charge is 2.20. The number of carbonyl (C=O) groups excluding carboxylic acids is 2. The zero-order valence-corrected chi connectivity index (χ0v) is 18.6. The minimum Gasteiger partial charge on any atom is -0.480 e. The molecule has 0 aromatic rings. The summed E-state index contributed by atoms with van der Waals surface area (Å²) in [5.74, 6) is -1.64. The van der Waals surface area contributed by atoms with Crippen molar-refractivity contribution in [2.45, 2.75) is 26.7 Å². The van der Waals surface area contributed by atoms with E-state index < -0.39 is 11.9 Å². The third-order valence-electron chi connectivity index (χ3n) is 5.00. The number of rotatable bonds is 12. The molecule has 1 heterocycles. The first-order valence-electron chi connectivity index (χ1n) is 10.8. The van der Waals surface area contributed by atoms with Crippen LogP contribution in [0.15, 0.2) is 0 Å². The fourth-order valence-electron chi connectivity index (χ4n) is 3.21. The molecule has 0 aromatic heterocycles. The van der Waals surface area contributed by atoms with Gasteiger partial charge in [-0.25, -0.2) is 0 Å². The Kier molecular flexibility index (Phi) is 12.7. The van der Waals surface area contributed by atoms with Crippen molar-refractivity contribution in [2.75, 3.05) is 72.0 Å². The van der Waals surface area contributed by atoms with E-state index in [1.807, 2.05) is 4.90 Å². The van der Waals surface area contributed by atoms with E-state index in [9.17, 15) is 19.2 Å². The van der Waals surface area contributed by atoms with E-state index >= 15 is 0 Å². The number of amides is 2. The topological polar surface area (TPSA) is 143 Å². The maximum Gasteiger partial charge on any atom is 0.317 e. The van der Waals surface area contributed by atoms with Crippen LogP contribution in [0.25, 0.3) is 0 Å². The van der Waals surface area contributed by atoms with Crippen LogP contribution < -0.4 is 10.6 Å². The van der Waals surface area contributed by atoms with Crippen molar-refractivity contribution in [1.82, 2.24) is 25.3 Å². The number of aliphatic carboxylic acids is 2. The predicted octanol–water partition coefficient (Wildman–Crippen LogP) is -1.26. The number of hydrogen-bond donors (Lipinski definition) is 4. The molecule has 11 nitrogen and oxygen atoms in total. The lowest BCUT2D eigenvalue weighted by Gasteiger charge is -2.24. The number of nitrogens with zero attached hydrogens (tertiary/aromatic N) is 3. The van der Waals surface area contributed by atoms with Crippen LogP contribution in [0.3, 0.4) is 0 Å².